The molecule has 8 nitrogen and oxygen atoms in total. The Balaban J connectivity index is 1.39. The van der Waals surface area contributed by atoms with Gasteiger partial charge in [0.1, 0.15) is 5.52 Å². The van der Waals surface area contributed by atoms with Gasteiger partial charge in [0.2, 0.25) is 6.79 Å². The Morgan fingerprint density at radius 1 is 1.08 bits per heavy atom. The van der Waals surface area contributed by atoms with Gasteiger partial charge in [-0.15, -0.1) is 10.2 Å². The Kier molecular flexibility index (Phi) is 2.99. The Bertz CT molecular complexity index is 1120. The smallest absolute Gasteiger partial charge is 0.265 e. The Hall–Kier alpha value is -3.68. The summed E-state index contributed by atoms with van der Waals surface area (Å²) in [4.78, 5) is 7.62. The van der Waals surface area contributed by atoms with E-state index in [1.807, 2.05) is 42.5 Å². The fourth-order valence-corrected chi connectivity index (χ4v) is 2.73. The summed E-state index contributed by atoms with van der Waals surface area (Å²) in [6.07, 6.45) is 1.65. The predicted octanol–water partition coefficient (Wildman–Crippen LogP) is 2.68. The highest BCUT2D eigenvalue weighted by Gasteiger charge is 2.12. The largest absolute Gasteiger partial charge is 0.454 e. The summed E-state index contributed by atoms with van der Waals surface area (Å²) in [7, 11) is 0. The summed E-state index contributed by atoms with van der Waals surface area (Å²) in [6.45, 7) is 0.248. The van der Waals surface area contributed by atoms with E-state index in [0.717, 1.165) is 27.7 Å². The number of hydrogen-bond acceptors (Lipinski definition) is 7. The van der Waals surface area contributed by atoms with Gasteiger partial charge in [-0.1, -0.05) is 18.2 Å². The quantitative estimate of drug-likeness (QED) is 0.442. The van der Waals surface area contributed by atoms with Crippen molar-refractivity contribution in [3.05, 3.63) is 48.0 Å². The minimum Gasteiger partial charge on any atom is -0.454 e. The third-order valence-corrected chi connectivity index (χ3v) is 3.90. The topological polar surface area (TPSA) is 97.3 Å². The number of para-hydroxylation sites is 1. The molecule has 2 N–H and O–H groups in total. The number of aromatic amines is 1. The molecule has 0 unspecified atom stereocenters. The summed E-state index contributed by atoms with van der Waals surface area (Å²) in [6, 6.07) is 13.5. The van der Waals surface area contributed by atoms with Crippen LogP contribution in [0.15, 0.2) is 47.6 Å². The third kappa shape index (κ3) is 2.40. The zero-order valence-corrected chi connectivity index (χ0v) is 12.9. The summed E-state index contributed by atoms with van der Waals surface area (Å²) >= 11 is 0. The van der Waals surface area contributed by atoms with Crippen LogP contribution < -0.4 is 14.9 Å². The molecule has 8 heteroatoms. The highest BCUT2D eigenvalue weighted by molar-refractivity contribution is 6.03. The minimum absolute atomic E-state index is 0.248. The summed E-state index contributed by atoms with van der Waals surface area (Å²) in [5, 5.41) is 13.4. The number of fused-ring (bicyclic) bond motifs is 4. The first-order chi connectivity index (χ1) is 12.4. The maximum Gasteiger partial charge on any atom is 0.265 e. The molecule has 122 valence electrons. The van der Waals surface area contributed by atoms with E-state index in [4.69, 9.17) is 9.47 Å². The molecule has 2 aromatic heterocycles. The number of hydrogen-bond donors (Lipinski definition) is 2. The van der Waals surface area contributed by atoms with Gasteiger partial charge in [0.15, 0.2) is 17.1 Å². The van der Waals surface area contributed by atoms with Crippen LogP contribution in [-0.4, -0.2) is 33.2 Å². The zero-order chi connectivity index (χ0) is 16.6. The van der Waals surface area contributed by atoms with Crippen LogP contribution in [-0.2, 0) is 0 Å². The average Bonchev–Trinajstić information content (AvgIpc) is 3.25. The fourth-order valence-electron chi connectivity index (χ4n) is 2.73. The zero-order valence-electron chi connectivity index (χ0n) is 12.9. The van der Waals surface area contributed by atoms with Crippen LogP contribution >= 0.6 is 0 Å². The van der Waals surface area contributed by atoms with Crippen molar-refractivity contribution in [2.24, 2.45) is 5.10 Å². The van der Waals surface area contributed by atoms with Gasteiger partial charge in [0.25, 0.3) is 5.95 Å². The SMILES string of the molecule is C(=N/Nc1nnc2c(n1)[nH]c1ccccc12)/c1ccc2c(c1)OCO2. The Morgan fingerprint density at radius 2 is 2.00 bits per heavy atom. The van der Waals surface area contributed by atoms with Crippen LogP contribution in [0.4, 0.5) is 5.95 Å². The second-order valence-electron chi connectivity index (χ2n) is 5.49. The predicted molar refractivity (Wildman–Crippen MR) is 93.0 cm³/mol. The van der Waals surface area contributed by atoms with Crippen LogP contribution in [0.25, 0.3) is 22.1 Å². The van der Waals surface area contributed by atoms with Gasteiger partial charge in [-0.05, 0) is 29.8 Å². The van der Waals surface area contributed by atoms with Gasteiger partial charge in [-0.2, -0.15) is 10.1 Å². The van der Waals surface area contributed by atoms with Gasteiger partial charge in [-0.3, -0.25) is 0 Å². The summed E-state index contributed by atoms with van der Waals surface area (Å²) < 4.78 is 10.6. The maximum absolute atomic E-state index is 5.34. The van der Waals surface area contributed by atoms with Crippen LogP contribution in [0, 0.1) is 0 Å². The molecule has 3 heterocycles. The molecule has 2 aromatic carbocycles. The highest BCUT2D eigenvalue weighted by Crippen LogP contribution is 2.32. The lowest BCUT2D eigenvalue weighted by atomic mass is 10.2. The average molecular weight is 332 g/mol. The maximum atomic E-state index is 5.34. The number of aromatic nitrogens is 4. The molecule has 0 bridgehead atoms. The number of anilines is 1. The molecule has 0 atom stereocenters. The lowest BCUT2D eigenvalue weighted by Gasteiger charge is -1.99. The number of rotatable bonds is 3. The first-order valence-electron chi connectivity index (χ1n) is 7.67. The van der Waals surface area contributed by atoms with E-state index in [-0.39, 0.29) is 6.79 Å². The van der Waals surface area contributed by atoms with Crippen LogP contribution in [0.1, 0.15) is 5.56 Å². The Morgan fingerprint density at radius 3 is 3.00 bits per heavy atom. The van der Waals surface area contributed by atoms with Gasteiger partial charge in [-0.25, -0.2) is 5.43 Å². The van der Waals surface area contributed by atoms with E-state index in [9.17, 15) is 0 Å². The molecule has 0 saturated heterocycles. The third-order valence-electron chi connectivity index (χ3n) is 3.90. The van der Waals surface area contributed by atoms with E-state index in [2.05, 4.69) is 30.7 Å². The van der Waals surface area contributed by atoms with E-state index in [1.165, 1.54) is 0 Å². The van der Waals surface area contributed by atoms with Crippen molar-refractivity contribution in [3.8, 4) is 11.5 Å². The van der Waals surface area contributed by atoms with Crippen molar-refractivity contribution in [3.63, 3.8) is 0 Å². The van der Waals surface area contributed by atoms with Crippen molar-refractivity contribution in [2.45, 2.75) is 0 Å². The molecular formula is C17H12N6O2. The van der Waals surface area contributed by atoms with E-state index >= 15 is 0 Å². The van der Waals surface area contributed by atoms with Crippen molar-refractivity contribution in [1.29, 1.82) is 0 Å². The lowest BCUT2D eigenvalue weighted by molar-refractivity contribution is 0.174. The molecule has 0 amide bonds. The molecule has 0 aliphatic carbocycles. The molecular weight excluding hydrogens is 320 g/mol. The molecule has 0 radical (unpaired) electrons. The number of nitrogens with one attached hydrogen (secondary N) is 2. The molecule has 4 aromatic rings. The van der Waals surface area contributed by atoms with Gasteiger partial charge in [0, 0.05) is 10.9 Å². The van der Waals surface area contributed by atoms with Gasteiger partial charge < -0.3 is 14.5 Å². The molecule has 25 heavy (non-hydrogen) atoms. The summed E-state index contributed by atoms with van der Waals surface area (Å²) in [5.74, 6) is 1.76. The van der Waals surface area contributed by atoms with Gasteiger partial charge in [0.05, 0.1) is 6.21 Å². The second kappa shape index (κ2) is 5.45. The molecule has 0 fully saturated rings. The number of H-pyrrole nitrogens is 1. The lowest BCUT2D eigenvalue weighted by Crippen LogP contribution is -1.99. The van der Waals surface area contributed by atoms with Crippen LogP contribution in [0.2, 0.25) is 0 Å². The fraction of sp³-hybridized carbons (Fsp3) is 0.0588. The van der Waals surface area contributed by atoms with Crippen LogP contribution in [0.5, 0.6) is 11.5 Å². The summed E-state index contributed by atoms with van der Waals surface area (Å²) in [5.41, 5.74) is 6.03. The highest BCUT2D eigenvalue weighted by atomic mass is 16.7. The van der Waals surface area contributed by atoms with Crippen molar-refractivity contribution in [1.82, 2.24) is 20.2 Å². The van der Waals surface area contributed by atoms with Crippen LogP contribution in [0.3, 0.4) is 0 Å². The van der Waals surface area contributed by atoms with Crippen molar-refractivity contribution in [2.75, 3.05) is 12.2 Å². The first-order valence-corrected chi connectivity index (χ1v) is 7.67. The Labute approximate surface area is 141 Å². The second-order valence-corrected chi connectivity index (χ2v) is 5.49. The molecule has 0 saturated carbocycles. The number of ether oxygens (including phenoxy) is 2. The number of hydrazone groups is 1. The first kappa shape index (κ1) is 13.7. The molecule has 1 aliphatic rings. The number of nitrogens with zero attached hydrogens (tertiary/aromatic N) is 4. The van der Waals surface area contributed by atoms with Crippen molar-refractivity contribution < 1.29 is 9.47 Å². The van der Waals surface area contributed by atoms with Crippen molar-refractivity contribution >= 4 is 34.2 Å². The molecule has 5 rings (SSSR count). The minimum atomic E-state index is 0.248. The van der Waals surface area contributed by atoms with E-state index < -0.39 is 0 Å². The molecule has 1 aliphatic heterocycles. The van der Waals surface area contributed by atoms with Gasteiger partial charge >= 0.3 is 0 Å². The number of benzene rings is 2. The standard InChI is InChI=1S/C17H12N6O2/c1-2-4-12-11(3-1)15-16(19-12)20-17(23-21-15)22-18-8-10-5-6-13-14(7-10)25-9-24-13/h1-8H,9H2,(H2,19,20,22,23)/b18-8-. The van der Waals surface area contributed by atoms with E-state index in [0.29, 0.717) is 17.3 Å². The van der Waals surface area contributed by atoms with E-state index in [1.54, 1.807) is 6.21 Å². The normalized spacial score (nSPS) is 13.1. The monoisotopic (exact) mass is 332 g/mol. The molecule has 0 spiro atoms.